The molecule has 0 bridgehead atoms. The predicted octanol–water partition coefficient (Wildman–Crippen LogP) is 3.39. The van der Waals surface area contributed by atoms with E-state index in [1.54, 1.807) is 11.3 Å². The van der Waals surface area contributed by atoms with Gasteiger partial charge in [-0.05, 0) is 29.3 Å². The minimum Gasteiger partial charge on any atom is -0.481 e. The summed E-state index contributed by atoms with van der Waals surface area (Å²) < 4.78 is 1.20. The molecule has 0 aliphatic heterocycles. The first-order valence-corrected chi connectivity index (χ1v) is 6.36. The normalized spacial score (nSPS) is 10.7. The molecule has 0 fully saturated rings. The van der Waals surface area contributed by atoms with Gasteiger partial charge in [-0.1, -0.05) is 12.1 Å². The molecule has 0 radical (unpaired) electrons. The van der Waals surface area contributed by atoms with Gasteiger partial charge >= 0.3 is 5.97 Å². The second-order valence-electron chi connectivity index (χ2n) is 3.23. The number of hydrogen-bond acceptors (Lipinski definition) is 3. The van der Waals surface area contributed by atoms with Gasteiger partial charge in [-0.25, -0.2) is 0 Å². The summed E-state index contributed by atoms with van der Waals surface area (Å²) in [6, 6.07) is 6.03. The van der Waals surface area contributed by atoms with Crippen LogP contribution >= 0.6 is 23.1 Å². The van der Waals surface area contributed by atoms with Crippen molar-refractivity contribution in [3.63, 3.8) is 0 Å². The van der Waals surface area contributed by atoms with Gasteiger partial charge in [0.2, 0.25) is 0 Å². The van der Waals surface area contributed by atoms with Crippen LogP contribution in [0.2, 0.25) is 0 Å². The summed E-state index contributed by atoms with van der Waals surface area (Å²) in [6.07, 6.45) is 0. The van der Waals surface area contributed by atoms with Gasteiger partial charge in [-0.2, -0.15) is 0 Å². The lowest BCUT2D eigenvalue weighted by Crippen LogP contribution is -1.97. The highest BCUT2D eigenvalue weighted by molar-refractivity contribution is 8.00. The Morgan fingerprint density at radius 3 is 3.07 bits per heavy atom. The number of aryl methyl sites for hydroxylation is 1. The van der Waals surface area contributed by atoms with Crippen molar-refractivity contribution in [2.75, 3.05) is 5.75 Å². The fraction of sp³-hybridized carbons (Fsp3) is 0.182. The summed E-state index contributed by atoms with van der Waals surface area (Å²) in [5, 5.41) is 12.0. The molecule has 1 heterocycles. The van der Waals surface area contributed by atoms with Gasteiger partial charge in [0.1, 0.15) is 0 Å². The van der Waals surface area contributed by atoms with Crippen LogP contribution in [-0.2, 0) is 4.79 Å². The van der Waals surface area contributed by atoms with Crippen LogP contribution in [0.5, 0.6) is 0 Å². The zero-order valence-electron chi connectivity index (χ0n) is 8.19. The summed E-state index contributed by atoms with van der Waals surface area (Å²) in [4.78, 5) is 11.6. The first-order chi connectivity index (χ1) is 7.18. The fourth-order valence-electron chi connectivity index (χ4n) is 1.41. The first-order valence-electron chi connectivity index (χ1n) is 4.50. The van der Waals surface area contributed by atoms with Crippen LogP contribution < -0.4 is 0 Å². The molecule has 0 saturated heterocycles. The number of thioether (sulfide) groups is 1. The van der Waals surface area contributed by atoms with E-state index in [-0.39, 0.29) is 5.75 Å². The second-order valence-corrected chi connectivity index (χ2v) is 5.13. The van der Waals surface area contributed by atoms with Crippen LogP contribution in [0, 0.1) is 6.92 Å². The molecule has 15 heavy (non-hydrogen) atoms. The summed E-state index contributed by atoms with van der Waals surface area (Å²) in [5.41, 5.74) is 1.26. The molecule has 1 aromatic heterocycles. The molecule has 1 aromatic carbocycles. The minimum atomic E-state index is -0.773. The standard InChI is InChI=1S/C11H10O2S2/c1-7-5-15-11-8(7)3-2-4-9(11)14-6-10(12)13/h2-5H,6H2,1H3,(H,12,13). The summed E-state index contributed by atoms with van der Waals surface area (Å²) >= 11 is 3.06. The lowest BCUT2D eigenvalue weighted by Gasteiger charge is -2.00. The van der Waals surface area contributed by atoms with Crippen molar-refractivity contribution in [2.45, 2.75) is 11.8 Å². The highest BCUT2D eigenvalue weighted by Gasteiger charge is 2.07. The molecule has 0 atom stereocenters. The molecule has 0 unspecified atom stereocenters. The Kier molecular flexibility index (Phi) is 2.98. The number of carboxylic acids is 1. The monoisotopic (exact) mass is 238 g/mol. The van der Waals surface area contributed by atoms with Crippen molar-refractivity contribution >= 4 is 39.2 Å². The van der Waals surface area contributed by atoms with Crippen LogP contribution in [0.3, 0.4) is 0 Å². The predicted molar refractivity (Wildman–Crippen MR) is 64.9 cm³/mol. The van der Waals surface area contributed by atoms with Gasteiger partial charge in [0, 0.05) is 9.60 Å². The molecule has 0 amide bonds. The van der Waals surface area contributed by atoms with Crippen molar-refractivity contribution in [2.24, 2.45) is 0 Å². The quantitative estimate of drug-likeness (QED) is 0.833. The Morgan fingerprint density at radius 2 is 2.33 bits per heavy atom. The number of hydrogen-bond donors (Lipinski definition) is 1. The fourth-order valence-corrected chi connectivity index (χ4v) is 3.39. The Labute approximate surface area is 95.9 Å². The van der Waals surface area contributed by atoms with Crippen molar-refractivity contribution in [1.82, 2.24) is 0 Å². The van der Waals surface area contributed by atoms with Gasteiger partial charge in [-0.15, -0.1) is 23.1 Å². The molecule has 0 spiro atoms. The number of fused-ring (bicyclic) bond motifs is 1. The Hall–Kier alpha value is -1.00. The average molecular weight is 238 g/mol. The third kappa shape index (κ3) is 2.16. The van der Waals surface area contributed by atoms with Crippen LogP contribution in [0.4, 0.5) is 0 Å². The van der Waals surface area contributed by atoms with Crippen LogP contribution in [0.15, 0.2) is 28.5 Å². The van der Waals surface area contributed by atoms with E-state index in [9.17, 15) is 4.79 Å². The van der Waals surface area contributed by atoms with Gasteiger partial charge in [0.15, 0.2) is 0 Å². The Balaban J connectivity index is 2.38. The minimum absolute atomic E-state index is 0.121. The summed E-state index contributed by atoms with van der Waals surface area (Å²) in [6.45, 7) is 2.07. The molecule has 1 N–H and O–H groups in total. The first kappa shape index (κ1) is 10.5. The largest absolute Gasteiger partial charge is 0.481 e. The Morgan fingerprint density at radius 1 is 1.53 bits per heavy atom. The lowest BCUT2D eigenvalue weighted by atomic mass is 10.2. The average Bonchev–Trinajstić information content (AvgIpc) is 2.58. The molecule has 78 valence electrons. The summed E-state index contributed by atoms with van der Waals surface area (Å²) in [7, 11) is 0. The SMILES string of the molecule is Cc1csc2c(SCC(=O)O)cccc12. The molecule has 4 heteroatoms. The summed E-state index contributed by atoms with van der Waals surface area (Å²) in [5.74, 6) is -0.652. The van der Waals surface area contributed by atoms with E-state index in [2.05, 4.69) is 18.4 Å². The van der Waals surface area contributed by atoms with Crippen LogP contribution in [0.1, 0.15) is 5.56 Å². The highest BCUT2D eigenvalue weighted by atomic mass is 32.2. The number of rotatable bonds is 3. The van der Waals surface area contributed by atoms with Gasteiger partial charge in [0.25, 0.3) is 0 Å². The maximum Gasteiger partial charge on any atom is 0.313 e. The van der Waals surface area contributed by atoms with E-state index in [4.69, 9.17) is 5.11 Å². The third-order valence-corrected chi connectivity index (χ3v) is 4.43. The van der Waals surface area contributed by atoms with Gasteiger partial charge in [0.05, 0.1) is 5.75 Å². The van der Waals surface area contributed by atoms with Crippen molar-refractivity contribution in [1.29, 1.82) is 0 Å². The topological polar surface area (TPSA) is 37.3 Å². The number of benzene rings is 1. The molecule has 0 aliphatic rings. The molecule has 2 aromatic rings. The van der Waals surface area contributed by atoms with Gasteiger partial charge < -0.3 is 5.11 Å². The van der Waals surface area contributed by atoms with E-state index in [0.717, 1.165) is 4.90 Å². The molecule has 2 nitrogen and oxygen atoms in total. The Bertz CT molecular complexity index is 502. The number of aliphatic carboxylic acids is 1. The van der Waals surface area contributed by atoms with E-state index in [1.165, 1.54) is 27.4 Å². The molecule has 2 rings (SSSR count). The third-order valence-electron chi connectivity index (χ3n) is 2.11. The zero-order valence-corrected chi connectivity index (χ0v) is 9.82. The van der Waals surface area contributed by atoms with E-state index < -0.39 is 5.97 Å². The maximum atomic E-state index is 10.5. The van der Waals surface area contributed by atoms with Crippen molar-refractivity contribution in [3.05, 3.63) is 29.1 Å². The van der Waals surface area contributed by atoms with Gasteiger partial charge in [-0.3, -0.25) is 4.79 Å². The molecule has 0 saturated carbocycles. The molecular formula is C11H10O2S2. The van der Waals surface area contributed by atoms with E-state index in [0.29, 0.717) is 0 Å². The maximum absolute atomic E-state index is 10.5. The number of thiophene rings is 1. The number of carboxylic acid groups (broad SMARTS) is 1. The van der Waals surface area contributed by atoms with E-state index in [1.807, 2.05) is 12.1 Å². The van der Waals surface area contributed by atoms with E-state index >= 15 is 0 Å². The smallest absolute Gasteiger partial charge is 0.313 e. The lowest BCUT2D eigenvalue weighted by molar-refractivity contribution is -0.133. The number of carbonyl (C=O) groups is 1. The zero-order chi connectivity index (χ0) is 10.8. The highest BCUT2D eigenvalue weighted by Crippen LogP contribution is 2.34. The van der Waals surface area contributed by atoms with Crippen LogP contribution in [0.25, 0.3) is 10.1 Å². The van der Waals surface area contributed by atoms with Crippen molar-refractivity contribution < 1.29 is 9.90 Å². The molecule has 0 aliphatic carbocycles. The molecular weight excluding hydrogens is 228 g/mol. The van der Waals surface area contributed by atoms with Crippen molar-refractivity contribution in [3.8, 4) is 0 Å². The second kappa shape index (κ2) is 4.24. The van der Waals surface area contributed by atoms with Crippen LogP contribution in [-0.4, -0.2) is 16.8 Å².